The van der Waals surface area contributed by atoms with Gasteiger partial charge in [-0.05, 0) is 13.8 Å². The summed E-state index contributed by atoms with van der Waals surface area (Å²) in [4.78, 5) is 11.3. The zero-order chi connectivity index (χ0) is 11.4. The summed E-state index contributed by atoms with van der Waals surface area (Å²) in [6.07, 6.45) is 0. The predicted molar refractivity (Wildman–Crippen MR) is 61.5 cm³/mol. The van der Waals surface area contributed by atoms with Gasteiger partial charge in [0.2, 0.25) is 5.91 Å². The standard InChI is InChI=1S/C10H21NO2S/c1-9(2,3)14-6-8(12)11-7-10(4,5)13/h13H,6-7H2,1-5H3,(H,11,12). The molecule has 0 spiro atoms. The van der Waals surface area contributed by atoms with E-state index in [4.69, 9.17) is 0 Å². The molecule has 0 aliphatic rings. The molecule has 1 amide bonds. The lowest BCUT2D eigenvalue weighted by atomic mass is 10.1. The highest BCUT2D eigenvalue weighted by atomic mass is 32.2. The number of nitrogens with one attached hydrogen (secondary N) is 1. The molecule has 14 heavy (non-hydrogen) atoms. The van der Waals surface area contributed by atoms with Crippen molar-refractivity contribution in [1.82, 2.24) is 5.32 Å². The fourth-order valence-electron chi connectivity index (χ4n) is 0.648. The van der Waals surface area contributed by atoms with E-state index in [9.17, 15) is 9.90 Å². The SMILES string of the molecule is CC(C)(O)CNC(=O)CSC(C)(C)C. The highest BCUT2D eigenvalue weighted by Gasteiger charge is 2.16. The molecule has 0 fully saturated rings. The van der Waals surface area contributed by atoms with E-state index < -0.39 is 5.60 Å². The average Bonchev–Trinajstić information content (AvgIpc) is 1.94. The van der Waals surface area contributed by atoms with Gasteiger partial charge in [-0.1, -0.05) is 20.8 Å². The second-order valence-corrected chi connectivity index (χ2v) is 6.79. The van der Waals surface area contributed by atoms with Crippen molar-refractivity contribution in [2.24, 2.45) is 0 Å². The second kappa shape index (κ2) is 5.03. The molecule has 0 rings (SSSR count). The predicted octanol–water partition coefficient (Wildman–Crippen LogP) is 1.41. The van der Waals surface area contributed by atoms with Gasteiger partial charge in [0, 0.05) is 11.3 Å². The first-order valence-electron chi connectivity index (χ1n) is 4.73. The second-order valence-electron chi connectivity index (χ2n) is 4.99. The summed E-state index contributed by atoms with van der Waals surface area (Å²) < 4.78 is 0.103. The number of thioether (sulfide) groups is 1. The molecule has 0 saturated heterocycles. The third-order valence-corrected chi connectivity index (χ3v) is 2.63. The van der Waals surface area contributed by atoms with E-state index in [-0.39, 0.29) is 10.7 Å². The van der Waals surface area contributed by atoms with Crippen molar-refractivity contribution in [3.63, 3.8) is 0 Å². The first kappa shape index (κ1) is 13.8. The lowest BCUT2D eigenvalue weighted by Gasteiger charge is -2.20. The fourth-order valence-corrected chi connectivity index (χ4v) is 1.31. The van der Waals surface area contributed by atoms with Crippen molar-refractivity contribution >= 4 is 17.7 Å². The Labute approximate surface area is 90.7 Å². The van der Waals surface area contributed by atoms with E-state index in [1.54, 1.807) is 25.6 Å². The monoisotopic (exact) mass is 219 g/mol. The Hall–Kier alpha value is -0.220. The molecule has 3 nitrogen and oxygen atoms in total. The van der Waals surface area contributed by atoms with Gasteiger partial charge in [-0.15, -0.1) is 11.8 Å². The molecule has 0 unspecified atom stereocenters. The van der Waals surface area contributed by atoms with Gasteiger partial charge in [0.25, 0.3) is 0 Å². The zero-order valence-electron chi connectivity index (χ0n) is 9.68. The van der Waals surface area contributed by atoms with Crippen LogP contribution in [0.15, 0.2) is 0 Å². The van der Waals surface area contributed by atoms with Crippen LogP contribution in [-0.4, -0.2) is 33.7 Å². The van der Waals surface area contributed by atoms with Gasteiger partial charge in [-0.2, -0.15) is 0 Å². The van der Waals surface area contributed by atoms with Gasteiger partial charge in [-0.3, -0.25) is 4.79 Å². The molecular weight excluding hydrogens is 198 g/mol. The molecule has 4 heteroatoms. The first-order chi connectivity index (χ1) is 6.10. The number of carbonyl (C=O) groups is 1. The minimum atomic E-state index is -0.831. The minimum Gasteiger partial charge on any atom is -0.389 e. The maximum atomic E-state index is 11.3. The molecular formula is C10H21NO2S. The number of carbonyl (C=O) groups excluding carboxylic acids is 1. The van der Waals surface area contributed by atoms with Crippen LogP contribution >= 0.6 is 11.8 Å². The molecule has 0 aliphatic carbocycles. The minimum absolute atomic E-state index is 0.0212. The average molecular weight is 219 g/mol. The number of rotatable bonds is 4. The normalized spacial score (nSPS) is 12.7. The van der Waals surface area contributed by atoms with Crippen molar-refractivity contribution in [3.8, 4) is 0 Å². The van der Waals surface area contributed by atoms with Gasteiger partial charge < -0.3 is 10.4 Å². The topological polar surface area (TPSA) is 49.3 Å². The molecule has 0 aromatic rings. The molecule has 0 aromatic carbocycles. The Morgan fingerprint density at radius 2 is 1.79 bits per heavy atom. The Morgan fingerprint density at radius 3 is 2.14 bits per heavy atom. The van der Waals surface area contributed by atoms with Crippen molar-refractivity contribution in [2.45, 2.75) is 45.0 Å². The summed E-state index contributed by atoms with van der Waals surface area (Å²) in [5, 5.41) is 12.1. The van der Waals surface area contributed by atoms with Crippen molar-refractivity contribution in [1.29, 1.82) is 0 Å². The van der Waals surface area contributed by atoms with Crippen LogP contribution in [0.3, 0.4) is 0 Å². The molecule has 2 N–H and O–H groups in total. The van der Waals surface area contributed by atoms with Crippen molar-refractivity contribution < 1.29 is 9.90 Å². The number of aliphatic hydroxyl groups is 1. The highest BCUT2D eigenvalue weighted by molar-refractivity contribution is 8.01. The summed E-state index contributed by atoms with van der Waals surface area (Å²) in [6.45, 7) is 9.85. The van der Waals surface area contributed by atoms with E-state index in [0.29, 0.717) is 12.3 Å². The van der Waals surface area contributed by atoms with Crippen LogP contribution in [0.25, 0.3) is 0 Å². The smallest absolute Gasteiger partial charge is 0.230 e. The van der Waals surface area contributed by atoms with E-state index in [1.807, 2.05) is 0 Å². The van der Waals surface area contributed by atoms with E-state index in [1.165, 1.54) is 0 Å². The van der Waals surface area contributed by atoms with Crippen LogP contribution in [0.1, 0.15) is 34.6 Å². The van der Waals surface area contributed by atoms with Gasteiger partial charge >= 0.3 is 0 Å². The molecule has 0 aromatic heterocycles. The molecule has 0 heterocycles. The Morgan fingerprint density at radius 1 is 1.29 bits per heavy atom. The molecule has 84 valence electrons. The summed E-state index contributed by atoms with van der Waals surface area (Å²) in [5.41, 5.74) is -0.831. The lowest BCUT2D eigenvalue weighted by molar-refractivity contribution is -0.119. The van der Waals surface area contributed by atoms with Crippen LogP contribution in [0.4, 0.5) is 0 Å². The summed E-state index contributed by atoms with van der Waals surface area (Å²) in [5.74, 6) is 0.423. The van der Waals surface area contributed by atoms with Crippen LogP contribution in [0, 0.1) is 0 Å². The zero-order valence-corrected chi connectivity index (χ0v) is 10.5. The summed E-state index contributed by atoms with van der Waals surface area (Å²) in [6, 6.07) is 0. The quantitative estimate of drug-likeness (QED) is 0.751. The maximum Gasteiger partial charge on any atom is 0.230 e. The van der Waals surface area contributed by atoms with Gasteiger partial charge in [0.05, 0.1) is 11.4 Å². The van der Waals surface area contributed by atoms with Gasteiger partial charge in [0.15, 0.2) is 0 Å². The summed E-state index contributed by atoms with van der Waals surface area (Å²) >= 11 is 1.60. The number of hydrogen-bond acceptors (Lipinski definition) is 3. The third kappa shape index (κ3) is 9.86. The molecule has 0 bridgehead atoms. The highest BCUT2D eigenvalue weighted by Crippen LogP contribution is 2.22. The molecule has 0 atom stereocenters. The van der Waals surface area contributed by atoms with Crippen molar-refractivity contribution in [3.05, 3.63) is 0 Å². The van der Waals surface area contributed by atoms with Crippen LogP contribution in [-0.2, 0) is 4.79 Å². The molecule has 0 aliphatic heterocycles. The van der Waals surface area contributed by atoms with E-state index in [2.05, 4.69) is 26.1 Å². The van der Waals surface area contributed by atoms with Gasteiger partial charge in [-0.25, -0.2) is 0 Å². The summed E-state index contributed by atoms with van der Waals surface area (Å²) in [7, 11) is 0. The van der Waals surface area contributed by atoms with E-state index in [0.717, 1.165) is 0 Å². The van der Waals surface area contributed by atoms with Gasteiger partial charge in [0.1, 0.15) is 0 Å². The Bertz CT molecular complexity index is 171. The Kier molecular flexibility index (Phi) is 4.95. The lowest BCUT2D eigenvalue weighted by Crippen LogP contribution is -2.39. The Balaban J connectivity index is 3.68. The maximum absolute atomic E-state index is 11.3. The van der Waals surface area contributed by atoms with Crippen LogP contribution in [0.5, 0.6) is 0 Å². The number of amides is 1. The largest absolute Gasteiger partial charge is 0.389 e. The van der Waals surface area contributed by atoms with Crippen molar-refractivity contribution in [2.75, 3.05) is 12.3 Å². The molecule has 0 saturated carbocycles. The molecule has 0 radical (unpaired) electrons. The van der Waals surface area contributed by atoms with E-state index >= 15 is 0 Å². The van der Waals surface area contributed by atoms with Crippen LogP contribution in [0.2, 0.25) is 0 Å². The first-order valence-corrected chi connectivity index (χ1v) is 5.72. The fraction of sp³-hybridized carbons (Fsp3) is 0.900. The third-order valence-electron chi connectivity index (χ3n) is 1.35. The van der Waals surface area contributed by atoms with Crippen LogP contribution < -0.4 is 5.32 Å². The number of hydrogen-bond donors (Lipinski definition) is 2.